The van der Waals surface area contributed by atoms with Crippen molar-refractivity contribution in [2.75, 3.05) is 0 Å². The number of ether oxygens (including phenoxy) is 1. The van der Waals surface area contributed by atoms with Gasteiger partial charge in [-0.2, -0.15) is 0 Å². The van der Waals surface area contributed by atoms with Gasteiger partial charge in [-0.15, -0.1) is 12.3 Å². The normalized spacial score (nSPS) is 10.1. The SMILES string of the molecule is C#CCCCCC#CC(=O)OC(C#CBr)c1ccccc1. The van der Waals surface area contributed by atoms with Crippen LogP contribution >= 0.6 is 15.9 Å². The molecule has 0 aliphatic heterocycles. The molecule has 0 heterocycles. The third-order valence-corrected chi connectivity index (χ3v) is 2.81. The number of rotatable bonds is 5. The van der Waals surface area contributed by atoms with Crippen LogP contribution in [0.1, 0.15) is 37.4 Å². The first-order valence-electron chi connectivity index (χ1n) is 6.57. The van der Waals surface area contributed by atoms with E-state index in [0.717, 1.165) is 24.8 Å². The van der Waals surface area contributed by atoms with Gasteiger partial charge in [0.15, 0.2) is 6.10 Å². The fourth-order valence-corrected chi connectivity index (χ4v) is 1.78. The van der Waals surface area contributed by atoms with Crippen LogP contribution in [-0.4, -0.2) is 5.97 Å². The Morgan fingerprint density at radius 1 is 1.24 bits per heavy atom. The Kier molecular flexibility index (Phi) is 8.54. The van der Waals surface area contributed by atoms with Gasteiger partial charge in [-0.25, -0.2) is 4.79 Å². The van der Waals surface area contributed by atoms with Gasteiger partial charge in [-0.1, -0.05) is 36.3 Å². The summed E-state index contributed by atoms with van der Waals surface area (Å²) in [5.74, 6) is 10.0. The predicted molar refractivity (Wildman–Crippen MR) is 87.1 cm³/mol. The Hall–Kier alpha value is -2.15. The zero-order chi connectivity index (χ0) is 15.3. The summed E-state index contributed by atoms with van der Waals surface area (Å²) in [6, 6.07) is 9.32. The van der Waals surface area contributed by atoms with Crippen molar-refractivity contribution < 1.29 is 9.53 Å². The van der Waals surface area contributed by atoms with E-state index in [2.05, 4.69) is 44.4 Å². The van der Waals surface area contributed by atoms with E-state index < -0.39 is 12.1 Å². The summed E-state index contributed by atoms with van der Waals surface area (Å²) in [6.07, 6.45) is 7.71. The zero-order valence-corrected chi connectivity index (χ0v) is 13.2. The maximum Gasteiger partial charge on any atom is 0.385 e. The lowest BCUT2D eigenvalue weighted by molar-refractivity contribution is -0.139. The monoisotopic (exact) mass is 342 g/mol. The molecule has 1 rings (SSSR count). The first kappa shape index (κ1) is 16.9. The molecule has 1 aromatic rings. The van der Waals surface area contributed by atoms with Crippen LogP contribution in [0.4, 0.5) is 0 Å². The van der Waals surface area contributed by atoms with Crippen LogP contribution in [-0.2, 0) is 9.53 Å². The number of terminal acetylenes is 1. The lowest BCUT2D eigenvalue weighted by Gasteiger charge is -2.09. The van der Waals surface area contributed by atoms with Gasteiger partial charge in [-0.3, -0.25) is 0 Å². The maximum absolute atomic E-state index is 11.7. The Balaban J connectivity index is 2.52. The first-order chi connectivity index (χ1) is 10.3. The van der Waals surface area contributed by atoms with Gasteiger partial charge in [0.25, 0.3) is 0 Å². The summed E-state index contributed by atoms with van der Waals surface area (Å²) in [7, 11) is 0. The highest BCUT2D eigenvalue weighted by molar-refractivity contribution is 9.12. The molecule has 1 atom stereocenters. The molecule has 1 aromatic carbocycles. The highest BCUT2D eigenvalue weighted by atomic mass is 79.9. The molecular formula is C18H15BrO2. The lowest BCUT2D eigenvalue weighted by atomic mass is 10.1. The Labute approximate surface area is 134 Å². The highest BCUT2D eigenvalue weighted by Gasteiger charge is 2.12. The van der Waals surface area contributed by atoms with E-state index in [0.29, 0.717) is 6.42 Å². The fourth-order valence-electron chi connectivity index (χ4n) is 1.57. The number of esters is 1. The largest absolute Gasteiger partial charge is 0.435 e. The summed E-state index contributed by atoms with van der Waals surface area (Å²) >= 11 is 3.02. The van der Waals surface area contributed by atoms with E-state index >= 15 is 0 Å². The molecule has 0 aliphatic rings. The minimum Gasteiger partial charge on any atom is -0.435 e. The second-order valence-electron chi connectivity index (χ2n) is 4.15. The molecule has 0 fully saturated rings. The molecule has 1 unspecified atom stereocenters. The third-order valence-electron chi connectivity index (χ3n) is 2.58. The van der Waals surface area contributed by atoms with Crippen LogP contribution in [0.15, 0.2) is 30.3 Å². The van der Waals surface area contributed by atoms with Crippen LogP contribution in [0.2, 0.25) is 0 Å². The van der Waals surface area contributed by atoms with Crippen molar-refractivity contribution in [3.05, 3.63) is 35.9 Å². The van der Waals surface area contributed by atoms with Crippen molar-refractivity contribution >= 4 is 21.9 Å². The number of unbranched alkanes of at least 4 members (excludes halogenated alkanes) is 3. The molecule has 21 heavy (non-hydrogen) atoms. The molecule has 0 saturated heterocycles. The average Bonchev–Trinajstić information content (AvgIpc) is 2.51. The smallest absolute Gasteiger partial charge is 0.385 e. The third kappa shape index (κ3) is 7.26. The van der Waals surface area contributed by atoms with Gasteiger partial charge >= 0.3 is 5.97 Å². The van der Waals surface area contributed by atoms with Gasteiger partial charge in [0.2, 0.25) is 0 Å². The van der Waals surface area contributed by atoms with Crippen LogP contribution in [0.25, 0.3) is 0 Å². The molecule has 0 amide bonds. The quantitative estimate of drug-likeness (QED) is 0.352. The van der Waals surface area contributed by atoms with E-state index in [9.17, 15) is 4.79 Å². The Morgan fingerprint density at radius 2 is 1.95 bits per heavy atom. The van der Waals surface area contributed by atoms with Crippen LogP contribution in [0, 0.1) is 34.9 Å². The van der Waals surface area contributed by atoms with Crippen LogP contribution in [0.3, 0.4) is 0 Å². The average molecular weight is 343 g/mol. The van der Waals surface area contributed by atoms with E-state index in [1.807, 2.05) is 30.3 Å². The van der Waals surface area contributed by atoms with Gasteiger partial charge in [-0.05, 0) is 23.6 Å². The molecule has 0 spiro atoms. The summed E-state index contributed by atoms with van der Waals surface area (Å²) in [6.45, 7) is 0. The lowest BCUT2D eigenvalue weighted by Crippen LogP contribution is -2.08. The van der Waals surface area contributed by atoms with Crippen LogP contribution < -0.4 is 0 Å². The van der Waals surface area contributed by atoms with E-state index in [1.54, 1.807) is 0 Å². The Morgan fingerprint density at radius 3 is 2.62 bits per heavy atom. The van der Waals surface area contributed by atoms with Crippen molar-refractivity contribution in [3.8, 4) is 34.9 Å². The van der Waals surface area contributed by atoms with Gasteiger partial charge in [0.1, 0.15) is 0 Å². The van der Waals surface area contributed by atoms with E-state index in [4.69, 9.17) is 11.2 Å². The Bertz CT molecular complexity index is 606. The first-order valence-corrected chi connectivity index (χ1v) is 7.36. The highest BCUT2D eigenvalue weighted by Crippen LogP contribution is 2.16. The van der Waals surface area contributed by atoms with Crippen molar-refractivity contribution in [1.82, 2.24) is 0 Å². The summed E-state index contributed by atoms with van der Waals surface area (Å²) in [5.41, 5.74) is 0.814. The van der Waals surface area contributed by atoms with E-state index in [-0.39, 0.29) is 0 Å². The predicted octanol–water partition coefficient (Wildman–Crippen LogP) is 3.82. The van der Waals surface area contributed by atoms with Gasteiger partial charge < -0.3 is 4.74 Å². The van der Waals surface area contributed by atoms with Gasteiger partial charge in [0.05, 0.1) is 0 Å². The second kappa shape index (κ2) is 10.6. The minimum atomic E-state index is -0.617. The number of carbonyl (C=O) groups excluding carboxylic acids is 1. The van der Waals surface area contributed by atoms with Crippen LogP contribution in [0.5, 0.6) is 0 Å². The maximum atomic E-state index is 11.7. The molecule has 0 bridgehead atoms. The topological polar surface area (TPSA) is 26.3 Å². The standard InChI is InChI=1S/C18H15BrO2/c1-2-3-4-5-6-10-13-18(20)21-17(14-15-19)16-11-8-7-9-12-16/h1,7-9,11-12,17H,3-6H2. The van der Waals surface area contributed by atoms with Crippen molar-refractivity contribution in [3.63, 3.8) is 0 Å². The molecule has 0 aromatic heterocycles. The number of hydrogen-bond acceptors (Lipinski definition) is 2. The van der Waals surface area contributed by atoms with Crippen molar-refractivity contribution in [2.45, 2.75) is 31.8 Å². The molecule has 3 heteroatoms. The number of halogens is 1. The molecule has 0 N–H and O–H groups in total. The summed E-state index contributed by atoms with van der Waals surface area (Å²) in [4.78, 5) is 14.3. The molecule has 0 aliphatic carbocycles. The van der Waals surface area contributed by atoms with E-state index in [1.165, 1.54) is 0 Å². The number of hydrogen-bond donors (Lipinski definition) is 0. The molecule has 2 nitrogen and oxygen atoms in total. The molecule has 0 saturated carbocycles. The zero-order valence-electron chi connectivity index (χ0n) is 11.6. The fraction of sp³-hybridized carbons (Fsp3) is 0.278. The second-order valence-corrected chi connectivity index (χ2v) is 4.54. The molecular weight excluding hydrogens is 328 g/mol. The summed E-state index contributed by atoms with van der Waals surface area (Å²) in [5, 5.41) is 0. The van der Waals surface area contributed by atoms with Gasteiger partial charge in [0, 0.05) is 40.3 Å². The van der Waals surface area contributed by atoms with Crippen molar-refractivity contribution in [2.24, 2.45) is 0 Å². The molecule has 106 valence electrons. The number of benzene rings is 1. The summed E-state index contributed by atoms with van der Waals surface area (Å²) < 4.78 is 5.26. The molecule has 0 radical (unpaired) electrons. The van der Waals surface area contributed by atoms with Crippen molar-refractivity contribution in [1.29, 1.82) is 0 Å². The minimum absolute atomic E-state index is 0.573. The number of carbonyl (C=O) groups is 1.